The van der Waals surface area contributed by atoms with Crippen LogP contribution in [0.5, 0.6) is 0 Å². The summed E-state index contributed by atoms with van der Waals surface area (Å²) in [6.07, 6.45) is 0. The lowest BCUT2D eigenvalue weighted by Crippen LogP contribution is -2.42. The van der Waals surface area contributed by atoms with Crippen molar-refractivity contribution >= 4 is 34.1 Å². The molecule has 0 amide bonds. The van der Waals surface area contributed by atoms with Crippen LogP contribution in [0.1, 0.15) is 116 Å². The fourth-order valence-corrected chi connectivity index (χ4v) is 10.6. The zero-order valence-electron chi connectivity index (χ0n) is 45.6. The second-order valence-electron chi connectivity index (χ2n) is 19.2. The first kappa shape index (κ1) is 27.8. The molecule has 0 radical (unpaired) electrons. The molecule has 0 fully saturated rings. The third kappa shape index (κ3) is 5.11. The lowest BCUT2D eigenvalue weighted by molar-refractivity contribution is 0.125. The van der Waals surface area contributed by atoms with E-state index in [9.17, 15) is 5.48 Å². The molecule has 0 aromatic heterocycles. The Bertz CT molecular complexity index is 3120. The van der Waals surface area contributed by atoms with E-state index in [-0.39, 0.29) is 16.8 Å². The fraction of sp³-hybridized carbons (Fsp3) is 0.263. The number of fused-ring (bicyclic) bond motifs is 7. The van der Waals surface area contributed by atoms with E-state index in [0.29, 0.717) is 22.7 Å². The maximum Gasteiger partial charge on any atom is 0.0705 e. The molecular formula is C57H56N2. The molecule has 294 valence electrons. The second-order valence-corrected chi connectivity index (χ2v) is 19.2. The molecule has 2 heteroatoms. The average Bonchev–Trinajstić information content (AvgIpc) is 3.73. The van der Waals surface area contributed by atoms with E-state index in [1.165, 1.54) is 0 Å². The Kier molecular flexibility index (Phi) is 5.92. The molecule has 0 unspecified atom stereocenters. The number of hydrogen-bond acceptors (Lipinski definition) is 2. The number of benzene rings is 7. The predicted molar refractivity (Wildman–Crippen MR) is 251 cm³/mol. The van der Waals surface area contributed by atoms with Gasteiger partial charge in [0.25, 0.3) is 0 Å². The summed E-state index contributed by atoms with van der Waals surface area (Å²) in [6.45, 7) is 22.0. The predicted octanol–water partition coefficient (Wildman–Crippen LogP) is 15.8. The Morgan fingerprint density at radius 2 is 0.712 bits per heavy atom. The first-order valence-electron chi connectivity index (χ1n) is 25.6. The highest BCUT2D eigenvalue weighted by Gasteiger charge is 2.57. The minimum Gasteiger partial charge on any atom is -0.308 e. The van der Waals surface area contributed by atoms with Crippen LogP contribution in [0, 0.1) is 5.41 Å². The smallest absolute Gasteiger partial charge is 0.0705 e. The Labute approximate surface area is 366 Å². The third-order valence-electron chi connectivity index (χ3n) is 15.1. The van der Waals surface area contributed by atoms with Gasteiger partial charge >= 0.3 is 0 Å². The van der Waals surface area contributed by atoms with Crippen molar-refractivity contribution in [3.05, 3.63) is 191 Å². The molecule has 3 aliphatic carbocycles. The highest BCUT2D eigenvalue weighted by atomic mass is 15.2. The maximum absolute atomic E-state index is 9.65. The van der Waals surface area contributed by atoms with Gasteiger partial charge in [-0.05, 0) is 132 Å². The summed E-state index contributed by atoms with van der Waals surface area (Å²) in [6, 6.07) is 28.0. The molecule has 0 saturated carbocycles. The monoisotopic (exact) mass is 779 g/mol. The molecule has 0 saturated heterocycles. The van der Waals surface area contributed by atoms with Gasteiger partial charge in [-0.25, -0.2) is 0 Å². The van der Waals surface area contributed by atoms with E-state index in [1.54, 1.807) is 9.80 Å². The van der Waals surface area contributed by atoms with Gasteiger partial charge in [0.2, 0.25) is 0 Å². The molecule has 7 aromatic carbocycles. The molecule has 7 aromatic rings. The molecule has 0 N–H and O–H groups in total. The first-order valence-corrected chi connectivity index (χ1v) is 20.6. The van der Waals surface area contributed by atoms with Gasteiger partial charge in [0.15, 0.2) is 0 Å². The van der Waals surface area contributed by atoms with Gasteiger partial charge < -0.3 is 9.80 Å². The van der Waals surface area contributed by atoms with Crippen molar-refractivity contribution < 1.29 is 13.7 Å². The van der Waals surface area contributed by atoms with Crippen LogP contribution in [0.3, 0.4) is 0 Å². The maximum atomic E-state index is 9.65. The summed E-state index contributed by atoms with van der Waals surface area (Å²) >= 11 is 0. The molecular weight excluding hydrogens is 713 g/mol. The Morgan fingerprint density at radius 3 is 1.10 bits per heavy atom. The van der Waals surface area contributed by atoms with E-state index in [1.807, 2.05) is 48.5 Å². The summed E-state index contributed by atoms with van der Waals surface area (Å²) in [4.78, 5) is 3.50. The molecule has 10 rings (SSSR count). The standard InChI is InChI=1S/C57H56N2/c1-53(2)45-27-19-17-25-41(45)43-31-29-39(33-47(43)53)58(37-21-13-11-14-22-37)51-35-49-50(56(7,8)57(9,10)55(49,5)6)36-52(51)59(38-23-15-12-16-24-38)40-30-32-44-42-26-18-20-28-46(42)54(3,4)48(44)34-40/h11-36H,1-10H3/i11D,12D,13D,14D,15D,16D,21D,22D,23D,24D. The summed E-state index contributed by atoms with van der Waals surface area (Å²) in [7, 11) is 0. The molecule has 0 heterocycles. The molecule has 0 spiro atoms. The quantitative estimate of drug-likeness (QED) is 0.166. The van der Waals surface area contributed by atoms with Gasteiger partial charge in [-0.1, -0.05) is 166 Å². The van der Waals surface area contributed by atoms with Crippen LogP contribution in [0.15, 0.2) is 157 Å². The van der Waals surface area contributed by atoms with Crippen molar-refractivity contribution in [3.8, 4) is 22.3 Å². The SMILES string of the molecule is [2H]c1c([2H])c([2H])c(N(c2ccc3c(c2)C(C)(C)c2ccccc2-3)c2cc3c(cc2N(c2ccc4c(c2)C(C)(C)c2ccccc2-4)c2c([2H])c([2H])c([2H])c([2H])c2[2H])C(C)(C)C(C)(C)C3(C)C)c([2H])c1[2H]. The van der Waals surface area contributed by atoms with Gasteiger partial charge in [-0.2, -0.15) is 0 Å². The largest absolute Gasteiger partial charge is 0.308 e. The van der Waals surface area contributed by atoms with Crippen molar-refractivity contribution in [3.63, 3.8) is 0 Å². The number of nitrogens with zero attached hydrogens (tertiary/aromatic N) is 2. The highest BCUT2D eigenvalue weighted by Crippen LogP contribution is 2.64. The molecule has 3 aliphatic rings. The van der Waals surface area contributed by atoms with Crippen LogP contribution in [-0.2, 0) is 21.7 Å². The number of rotatable bonds is 6. The van der Waals surface area contributed by atoms with Gasteiger partial charge in [0.1, 0.15) is 0 Å². The van der Waals surface area contributed by atoms with E-state index >= 15 is 0 Å². The van der Waals surface area contributed by atoms with Crippen LogP contribution in [0.25, 0.3) is 22.3 Å². The average molecular weight is 779 g/mol. The van der Waals surface area contributed by atoms with E-state index in [4.69, 9.17) is 8.22 Å². The summed E-state index contributed by atoms with van der Waals surface area (Å²) < 4.78 is 92.2. The second kappa shape index (κ2) is 12.6. The van der Waals surface area contributed by atoms with Crippen molar-refractivity contribution in [2.75, 3.05) is 9.80 Å². The number of anilines is 6. The topological polar surface area (TPSA) is 6.48 Å². The lowest BCUT2D eigenvalue weighted by Gasteiger charge is -2.44. The third-order valence-corrected chi connectivity index (χ3v) is 15.1. The van der Waals surface area contributed by atoms with Crippen LogP contribution < -0.4 is 9.80 Å². The van der Waals surface area contributed by atoms with Crippen LogP contribution in [0.2, 0.25) is 0 Å². The molecule has 0 atom stereocenters. The summed E-state index contributed by atoms with van der Waals surface area (Å²) in [5, 5.41) is 0. The van der Waals surface area contributed by atoms with Crippen molar-refractivity contribution in [1.82, 2.24) is 0 Å². The number of hydrogen-bond donors (Lipinski definition) is 0. The number of para-hydroxylation sites is 2. The summed E-state index contributed by atoms with van der Waals surface area (Å²) in [5.41, 5.74) is 9.86. The van der Waals surface area contributed by atoms with Crippen LogP contribution in [-0.4, -0.2) is 0 Å². The van der Waals surface area contributed by atoms with E-state index in [0.717, 1.165) is 55.6 Å². The minimum atomic E-state index is -0.527. The highest BCUT2D eigenvalue weighted by molar-refractivity contribution is 5.95. The Morgan fingerprint density at radius 1 is 0.356 bits per heavy atom. The lowest BCUT2D eigenvalue weighted by atomic mass is 9.59. The zero-order valence-corrected chi connectivity index (χ0v) is 35.6. The van der Waals surface area contributed by atoms with Gasteiger partial charge in [-0.3, -0.25) is 0 Å². The summed E-state index contributed by atoms with van der Waals surface area (Å²) in [5.74, 6) is 0. The van der Waals surface area contributed by atoms with E-state index in [2.05, 4.69) is 118 Å². The van der Waals surface area contributed by atoms with Crippen molar-refractivity contribution in [1.29, 1.82) is 0 Å². The Hall–Kier alpha value is -5.86. The first-order chi connectivity index (χ1) is 32.2. The molecule has 0 bridgehead atoms. The van der Waals surface area contributed by atoms with Crippen LogP contribution >= 0.6 is 0 Å². The van der Waals surface area contributed by atoms with Gasteiger partial charge in [-0.15, -0.1) is 0 Å². The Balaban J connectivity index is 1.39. The molecule has 0 aliphatic heterocycles. The molecule has 59 heavy (non-hydrogen) atoms. The van der Waals surface area contributed by atoms with Crippen LogP contribution in [0.4, 0.5) is 34.1 Å². The molecule has 2 nitrogen and oxygen atoms in total. The normalized spacial score (nSPS) is 20.0. The van der Waals surface area contributed by atoms with Gasteiger partial charge in [0.05, 0.1) is 25.1 Å². The van der Waals surface area contributed by atoms with Crippen molar-refractivity contribution in [2.45, 2.75) is 90.9 Å². The van der Waals surface area contributed by atoms with E-state index < -0.39 is 82.1 Å². The fourth-order valence-electron chi connectivity index (χ4n) is 10.6. The van der Waals surface area contributed by atoms with Gasteiger partial charge in [0, 0.05) is 33.6 Å². The minimum absolute atomic E-state index is 0.0867. The zero-order chi connectivity index (χ0) is 50.0. The van der Waals surface area contributed by atoms with Crippen molar-refractivity contribution in [2.24, 2.45) is 5.41 Å².